The van der Waals surface area contributed by atoms with Gasteiger partial charge in [0.25, 0.3) is 0 Å². The highest BCUT2D eigenvalue weighted by atomic mass is 16.5. The molecular formula is C21H36N4O2. The summed E-state index contributed by atoms with van der Waals surface area (Å²) in [5.74, 6) is 1.78. The van der Waals surface area contributed by atoms with Gasteiger partial charge in [0.1, 0.15) is 5.75 Å². The first-order chi connectivity index (χ1) is 13.3. The fourth-order valence-corrected chi connectivity index (χ4v) is 3.49. The number of likely N-dealkylation sites (tertiary alicyclic amines) is 1. The monoisotopic (exact) mass is 376 g/mol. The summed E-state index contributed by atoms with van der Waals surface area (Å²) in [6.45, 7) is 10.0. The Kier molecular flexibility index (Phi) is 10.0. The van der Waals surface area contributed by atoms with Crippen LogP contribution in [-0.2, 0) is 4.74 Å². The Labute approximate surface area is 164 Å². The van der Waals surface area contributed by atoms with E-state index in [0.717, 1.165) is 44.5 Å². The van der Waals surface area contributed by atoms with E-state index in [-0.39, 0.29) is 6.04 Å². The smallest absolute Gasteiger partial charge is 0.191 e. The highest BCUT2D eigenvalue weighted by Crippen LogP contribution is 2.31. The first-order valence-corrected chi connectivity index (χ1v) is 10.3. The highest BCUT2D eigenvalue weighted by molar-refractivity contribution is 5.79. The van der Waals surface area contributed by atoms with Gasteiger partial charge in [-0.3, -0.25) is 9.89 Å². The minimum atomic E-state index is 0.226. The average Bonchev–Trinajstić information content (AvgIpc) is 2.72. The molecule has 1 aromatic rings. The lowest BCUT2D eigenvalue weighted by Gasteiger charge is -2.34. The largest absolute Gasteiger partial charge is 0.496 e. The first kappa shape index (κ1) is 21.5. The molecule has 1 aliphatic heterocycles. The number of rotatable bonds is 10. The number of para-hydroxylation sites is 1. The summed E-state index contributed by atoms with van der Waals surface area (Å²) in [5.41, 5.74) is 1.22. The molecule has 2 rings (SSSR count). The zero-order valence-corrected chi connectivity index (χ0v) is 17.2. The van der Waals surface area contributed by atoms with Gasteiger partial charge in [-0.2, -0.15) is 0 Å². The van der Waals surface area contributed by atoms with Gasteiger partial charge >= 0.3 is 0 Å². The lowest BCUT2D eigenvalue weighted by molar-refractivity contribution is 0.152. The third kappa shape index (κ3) is 7.03. The van der Waals surface area contributed by atoms with Gasteiger partial charge in [0.05, 0.1) is 26.3 Å². The Morgan fingerprint density at radius 3 is 2.63 bits per heavy atom. The fourth-order valence-electron chi connectivity index (χ4n) is 3.49. The van der Waals surface area contributed by atoms with E-state index in [0.29, 0.717) is 13.2 Å². The Morgan fingerprint density at radius 2 is 1.93 bits per heavy atom. The summed E-state index contributed by atoms with van der Waals surface area (Å²) in [7, 11) is 1.74. The van der Waals surface area contributed by atoms with Crippen molar-refractivity contribution in [2.45, 2.75) is 39.2 Å². The number of aliphatic imine (C=N–C) groups is 1. The van der Waals surface area contributed by atoms with E-state index in [1.54, 1.807) is 7.11 Å². The molecule has 6 heteroatoms. The van der Waals surface area contributed by atoms with Gasteiger partial charge < -0.3 is 20.1 Å². The Balaban J connectivity index is 2.13. The van der Waals surface area contributed by atoms with E-state index in [1.165, 1.54) is 24.8 Å². The number of guanidine groups is 1. The molecule has 0 aliphatic carbocycles. The molecular weight excluding hydrogens is 340 g/mol. The summed E-state index contributed by atoms with van der Waals surface area (Å²) in [6, 6.07) is 8.55. The Hall–Kier alpha value is -1.79. The van der Waals surface area contributed by atoms with E-state index in [9.17, 15) is 0 Å². The van der Waals surface area contributed by atoms with E-state index in [1.807, 2.05) is 19.1 Å². The Bertz CT molecular complexity index is 559. The van der Waals surface area contributed by atoms with Crippen molar-refractivity contribution in [2.24, 2.45) is 4.99 Å². The van der Waals surface area contributed by atoms with Gasteiger partial charge in [0, 0.05) is 25.3 Å². The van der Waals surface area contributed by atoms with E-state index < -0.39 is 0 Å². The maximum Gasteiger partial charge on any atom is 0.191 e. The van der Waals surface area contributed by atoms with Crippen LogP contribution in [0.5, 0.6) is 5.75 Å². The molecule has 152 valence electrons. The molecule has 0 amide bonds. The van der Waals surface area contributed by atoms with Crippen molar-refractivity contribution in [3.63, 3.8) is 0 Å². The molecule has 1 fully saturated rings. The number of ether oxygens (including phenoxy) is 2. The van der Waals surface area contributed by atoms with Crippen molar-refractivity contribution in [3.8, 4) is 5.75 Å². The van der Waals surface area contributed by atoms with Crippen LogP contribution in [0.2, 0.25) is 0 Å². The standard InChI is InChI=1S/C21H36N4O2/c1-4-22-21(23-13-16-27-5-2)24-17-19(25-14-9-6-10-15-25)18-11-7-8-12-20(18)26-3/h7-8,11-12,19H,4-6,9-10,13-17H2,1-3H3,(H2,22,23,24). The second kappa shape index (κ2) is 12.6. The van der Waals surface area contributed by atoms with Gasteiger partial charge in [-0.1, -0.05) is 24.6 Å². The predicted octanol–water partition coefficient (Wildman–Crippen LogP) is 2.81. The zero-order chi connectivity index (χ0) is 19.3. The van der Waals surface area contributed by atoms with Crippen LogP contribution >= 0.6 is 0 Å². The van der Waals surface area contributed by atoms with E-state index in [4.69, 9.17) is 14.5 Å². The van der Waals surface area contributed by atoms with Gasteiger partial charge in [-0.15, -0.1) is 0 Å². The fraction of sp³-hybridized carbons (Fsp3) is 0.667. The van der Waals surface area contributed by atoms with Crippen LogP contribution in [0.1, 0.15) is 44.7 Å². The second-order valence-corrected chi connectivity index (χ2v) is 6.70. The summed E-state index contributed by atoms with van der Waals surface area (Å²) >= 11 is 0. The van der Waals surface area contributed by atoms with Crippen LogP contribution in [0.3, 0.4) is 0 Å². The molecule has 0 radical (unpaired) electrons. The van der Waals surface area contributed by atoms with E-state index in [2.05, 4.69) is 34.6 Å². The van der Waals surface area contributed by atoms with Crippen molar-refractivity contribution in [1.29, 1.82) is 0 Å². The number of piperidine rings is 1. The molecule has 1 aromatic carbocycles. The summed E-state index contributed by atoms with van der Waals surface area (Å²) in [4.78, 5) is 7.43. The lowest BCUT2D eigenvalue weighted by atomic mass is 10.0. The van der Waals surface area contributed by atoms with Crippen LogP contribution in [0.4, 0.5) is 0 Å². The molecule has 6 nitrogen and oxygen atoms in total. The quantitative estimate of drug-likeness (QED) is 0.374. The molecule has 2 N–H and O–H groups in total. The molecule has 1 atom stereocenters. The minimum Gasteiger partial charge on any atom is -0.496 e. The van der Waals surface area contributed by atoms with E-state index >= 15 is 0 Å². The SMILES string of the molecule is CCNC(=NCC(c1ccccc1OC)N1CCCCC1)NCCOCC. The molecule has 0 saturated carbocycles. The number of hydrogen-bond acceptors (Lipinski definition) is 4. The predicted molar refractivity (Wildman–Crippen MR) is 112 cm³/mol. The van der Waals surface area contributed by atoms with Gasteiger partial charge in [-0.05, 0) is 45.8 Å². The molecule has 0 spiro atoms. The maximum atomic E-state index is 5.64. The maximum absolute atomic E-state index is 5.64. The number of nitrogens with one attached hydrogen (secondary N) is 2. The van der Waals surface area contributed by atoms with Crippen molar-refractivity contribution in [3.05, 3.63) is 29.8 Å². The van der Waals surface area contributed by atoms with Crippen molar-refractivity contribution in [2.75, 3.05) is 53.0 Å². The van der Waals surface area contributed by atoms with Gasteiger partial charge in [-0.25, -0.2) is 0 Å². The minimum absolute atomic E-state index is 0.226. The third-order valence-electron chi connectivity index (χ3n) is 4.84. The third-order valence-corrected chi connectivity index (χ3v) is 4.84. The number of methoxy groups -OCH3 is 1. The molecule has 1 saturated heterocycles. The van der Waals surface area contributed by atoms with Crippen molar-refractivity contribution in [1.82, 2.24) is 15.5 Å². The van der Waals surface area contributed by atoms with Crippen LogP contribution < -0.4 is 15.4 Å². The summed E-state index contributed by atoms with van der Waals surface area (Å²) < 4.78 is 11.1. The molecule has 1 heterocycles. The Morgan fingerprint density at radius 1 is 1.15 bits per heavy atom. The summed E-state index contributed by atoms with van der Waals surface area (Å²) in [5, 5.41) is 6.69. The highest BCUT2D eigenvalue weighted by Gasteiger charge is 2.24. The van der Waals surface area contributed by atoms with Crippen LogP contribution in [0.25, 0.3) is 0 Å². The molecule has 0 bridgehead atoms. The lowest BCUT2D eigenvalue weighted by Crippen LogP contribution is -2.40. The van der Waals surface area contributed by atoms with Crippen LogP contribution in [0.15, 0.2) is 29.3 Å². The van der Waals surface area contributed by atoms with Crippen LogP contribution in [-0.4, -0.2) is 63.9 Å². The topological polar surface area (TPSA) is 58.1 Å². The summed E-state index contributed by atoms with van der Waals surface area (Å²) in [6.07, 6.45) is 3.82. The van der Waals surface area contributed by atoms with Crippen LogP contribution in [0, 0.1) is 0 Å². The number of benzene rings is 1. The zero-order valence-electron chi connectivity index (χ0n) is 17.2. The number of nitrogens with zero attached hydrogens (tertiary/aromatic N) is 2. The number of hydrogen-bond donors (Lipinski definition) is 2. The molecule has 0 aromatic heterocycles. The molecule has 1 aliphatic rings. The average molecular weight is 377 g/mol. The molecule has 1 unspecified atom stereocenters. The van der Waals surface area contributed by atoms with Gasteiger partial charge in [0.15, 0.2) is 5.96 Å². The second-order valence-electron chi connectivity index (χ2n) is 6.70. The normalized spacial score (nSPS) is 16.8. The first-order valence-electron chi connectivity index (χ1n) is 10.3. The van der Waals surface area contributed by atoms with Crippen molar-refractivity contribution < 1.29 is 9.47 Å². The molecule has 27 heavy (non-hydrogen) atoms. The van der Waals surface area contributed by atoms with Gasteiger partial charge in [0.2, 0.25) is 0 Å². The van der Waals surface area contributed by atoms with Crippen molar-refractivity contribution >= 4 is 5.96 Å².